The molecular weight excluding hydrogens is 288 g/mol. The highest BCUT2D eigenvalue weighted by atomic mass is 16.4. The van der Waals surface area contributed by atoms with E-state index in [1.165, 1.54) is 17.6 Å². The SMILES string of the molecule is C/C(=C\c1ccccc1)[C@@H]1C[C@H]1NC1CCN(CC(=O)O)CC1. The van der Waals surface area contributed by atoms with E-state index in [2.05, 4.69) is 42.6 Å². The van der Waals surface area contributed by atoms with Crippen molar-refractivity contribution in [3.8, 4) is 0 Å². The summed E-state index contributed by atoms with van der Waals surface area (Å²) in [5.41, 5.74) is 2.73. The molecule has 4 heteroatoms. The number of aliphatic carboxylic acids is 1. The summed E-state index contributed by atoms with van der Waals surface area (Å²) in [6.07, 6.45) is 5.63. The Morgan fingerprint density at radius 3 is 2.65 bits per heavy atom. The fraction of sp³-hybridized carbons (Fsp3) is 0.526. The largest absolute Gasteiger partial charge is 0.480 e. The molecule has 0 unspecified atom stereocenters. The van der Waals surface area contributed by atoms with Crippen LogP contribution >= 0.6 is 0 Å². The van der Waals surface area contributed by atoms with Crippen LogP contribution in [0, 0.1) is 5.92 Å². The molecule has 1 aromatic carbocycles. The second kappa shape index (κ2) is 7.28. The molecule has 0 spiro atoms. The number of carboxylic acids is 1. The van der Waals surface area contributed by atoms with Gasteiger partial charge in [-0.2, -0.15) is 0 Å². The molecule has 4 nitrogen and oxygen atoms in total. The number of rotatable bonds is 6. The van der Waals surface area contributed by atoms with Crippen molar-refractivity contribution in [1.82, 2.24) is 10.2 Å². The molecule has 2 fully saturated rings. The molecule has 1 heterocycles. The first-order valence-electron chi connectivity index (χ1n) is 8.55. The predicted molar refractivity (Wildman–Crippen MR) is 92.2 cm³/mol. The van der Waals surface area contributed by atoms with Crippen molar-refractivity contribution in [2.75, 3.05) is 19.6 Å². The average Bonchev–Trinajstić information content (AvgIpc) is 3.29. The highest BCUT2D eigenvalue weighted by molar-refractivity contribution is 5.69. The summed E-state index contributed by atoms with van der Waals surface area (Å²) >= 11 is 0. The van der Waals surface area contributed by atoms with Gasteiger partial charge in [0.1, 0.15) is 0 Å². The Kier molecular flexibility index (Phi) is 5.13. The summed E-state index contributed by atoms with van der Waals surface area (Å²) in [6, 6.07) is 11.6. The van der Waals surface area contributed by atoms with E-state index in [4.69, 9.17) is 5.11 Å². The Balaban J connectivity index is 1.43. The zero-order chi connectivity index (χ0) is 16.2. The van der Waals surface area contributed by atoms with Gasteiger partial charge in [0, 0.05) is 25.2 Å². The van der Waals surface area contributed by atoms with Crippen molar-refractivity contribution < 1.29 is 9.90 Å². The lowest BCUT2D eigenvalue weighted by atomic mass is 10.0. The predicted octanol–water partition coefficient (Wildman–Crippen LogP) is 2.62. The number of benzene rings is 1. The molecule has 1 aromatic rings. The Morgan fingerprint density at radius 1 is 1.30 bits per heavy atom. The number of nitrogens with zero attached hydrogens (tertiary/aromatic N) is 1. The molecule has 2 N–H and O–H groups in total. The number of carbonyl (C=O) groups is 1. The summed E-state index contributed by atoms with van der Waals surface area (Å²) in [7, 11) is 0. The number of likely N-dealkylation sites (tertiary alicyclic amines) is 1. The molecule has 1 saturated heterocycles. The lowest BCUT2D eigenvalue weighted by Gasteiger charge is -2.31. The summed E-state index contributed by atoms with van der Waals surface area (Å²) in [5, 5.41) is 12.6. The van der Waals surface area contributed by atoms with E-state index in [1.54, 1.807) is 0 Å². The number of piperidine rings is 1. The maximum atomic E-state index is 10.7. The van der Waals surface area contributed by atoms with Crippen LogP contribution in [0.5, 0.6) is 0 Å². The molecule has 1 aliphatic carbocycles. The molecule has 2 atom stereocenters. The van der Waals surface area contributed by atoms with Gasteiger partial charge >= 0.3 is 5.97 Å². The molecule has 23 heavy (non-hydrogen) atoms. The Labute approximate surface area is 138 Å². The van der Waals surface area contributed by atoms with Gasteiger partial charge in [0.05, 0.1) is 6.54 Å². The third-order valence-electron chi connectivity index (χ3n) is 4.97. The van der Waals surface area contributed by atoms with E-state index in [0.717, 1.165) is 25.9 Å². The summed E-state index contributed by atoms with van der Waals surface area (Å²) in [5.74, 6) is -0.0624. The van der Waals surface area contributed by atoms with Gasteiger partial charge in [0.2, 0.25) is 0 Å². The van der Waals surface area contributed by atoms with Crippen molar-refractivity contribution >= 4 is 12.0 Å². The number of nitrogens with one attached hydrogen (secondary N) is 1. The highest BCUT2D eigenvalue weighted by Crippen LogP contribution is 2.38. The van der Waals surface area contributed by atoms with E-state index in [1.807, 2.05) is 11.0 Å². The van der Waals surface area contributed by atoms with Crippen molar-refractivity contribution in [2.24, 2.45) is 5.92 Å². The quantitative estimate of drug-likeness (QED) is 0.847. The van der Waals surface area contributed by atoms with E-state index >= 15 is 0 Å². The van der Waals surface area contributed by atoms with E-state index in [-0.39, 0.29) is 6.54 Å². The van der Waals surface area contributed by atoms with E-state index in [0.29, 0.717) is 18.0 Å². The molecule has 0 aromatic heterocycles. The molecule has 0 amide bonds. The Morgan fingerprint density at radius 2 is 2.00 bits per heavy atom. The van der Waals surface area contributed by atoms with Crippen molar-refractivity contribution in [3.63, 3.8) is 0 Å². The van der Waals surface area contributed by atoms with Crippen molar-refractivity contribution in [3.05, 3.63) is 41.5 Å². The molecule has 0 radical (unpaired) electrons. The standard InChI is InChI=1S/C19H26N2O2/c1-14(11-15-5-3-2-4-6-15)17-12-18(17)20-16-7-9-21(10-8-16)13-19(22)23/h2-6,11,16-18,20H,7-10,12-13H2,1H3,(H,22,23)/b14-11+/t17-,18+/m0/s1. The lowest BCUT2D eigenvalue weighted by molar-refractivity contribution is -0.138. The van der Waals surface area contributed by atoms with E-state index < -0.39 is 5.97 Å². The first-order chi connectivity index (χ1) is 11.1. The van der Waals surface area contributed by atoms with Crippen LogP contribution in [0.15, 0.2) is 35.9 Å². The molecule has 1 saturated carbocycles. The third kappa shape index (κ3) is 4.66. The second-order valence-electron chi connectivity index (χ2n) is 6.86. The molecule has 2 aliphatic rings. The minimum absolute atomic E-state index is 0.178. The van der Waals surface area contributed by atoms with Crippen LogP contribution in [0.4, 0.5) is 0 Å². The van der Waals surface area contributed by atoms with Gasteiger partial charge in [-0.25, -0.2) is 0 Å². The van der Waals surface area contributed by atoms with Gasteiger partial charge in [-0.05, 0) is 37.7 Å². The number of carboxylic acid groups (broad SMARTS) is 1. The summed E-state index contributed by atoms with van der Waals surface area (Å²) in [4.78, 5) is 12.8. The first-order valence-corrected chi connectivity index (χ1v) is 8.55. The van der Waals surface area contributed by atoms with Crippen LogP contribution in [0.25, 0.3) is 6.08 Å². The summed E-state index contributed by atoms with van der Waals surface area (Å²) in [6.45, 7) is 4.19. The van der Waals surface area contributed by atoms with Gasteiger partial charge in [-0.3, -0.25) is 9.69 Å². The molecule has 1 aliphatic heterocycles. The third-order valence-corrected chi connectivity index (χ3v) is 4.97. The molecule has 3 rings (SSSR count). The van der Waals surface area contributed by atoms with Gasteiger partial charge in [-0.1, -0.05) is 42.0 Å². The van der Waals surface area contributed by atoms with Crippen LogP contribution in [0.2, 0.25) is 0 Å². The van der Waals surface area contributed by atoms with Crippen LogP contribution in [-0.2, 0) is 4.79 Å². The molecule has 124 valence electrons. The highest BCUT2D eigenvalue weighted by Gasteiger charge is 2.39. The van der Waals surface area contributed by atoms with Crippen LogP contribution < -0.4 is 5.32 Å². The first kappa shape index (κ1) is 16.2. The van der Waals surface area contributed by atoms with E-state index in [9.17, 15) is 4.79 Å². The molecule has 0 bridgehead atoms. The average molecular weight is 314 g/mol. The lowest BCUT2D eigenvalue weighted by Crippen LogP contribution is -2.45. The van der Waals surface area contributed by atoms with Crippen molar-refractivity contribution in [2.45, 2.75) is 38.3 Å². The fourth-order valence-corrected chi connectivity index (χ4v) is 3.55. The number of hydrogen-bond acceptors (Lipinski definition) is 3. The Bertz CT molecular complexity index is 562. The minimum Gasteiger partial charge on any atom is -0.480 e. The minimum atomic E-state index is -0.722. The van der Waals surface area contributed by atoms with Crippen LogP contribution in [-0.4, -0.2) is 47.7 Å². The van der Waals surface area contributed by atoms with Gasteiger partial charge < -0.3 is 10.4 Å². The monoisotopic (exact) mass is 314 g/mol. The summed E-state index contributed by atoms with van der Waals surface area (Å²) < 4.78 is 0. The number of hydrogen-bond donors (Lipinski definition) is 2. The fourth-order valence-electron chi connectivity index (χ4n) is 3.55. The smallest absolute Gasteiger partial charge is 0.317 e. The maximum Gasteiger partial charge on any atom is 0.317 e. The van der Waals surface area contributed by atoms with Gasteiger partial charge in [0.25, 0.3) is 0 Å². The second-order valence-corrected chi connectivity index (χ2v) is 6.86. The maximum absolute atomic E-state index is 10.7. The normalized spacial score (nSPS) is 26.2. The topological polar surface area (TPSA) is 52.6 Å². The Hall–Kier alpha value is -1.65. The zero-order valence-electron chi connectivity index (χ0n) is 13.7. The molecular formula is C19H26N2O2. The van der Waals surface area contributed by atoms with Gasteiger partial charge in [0.15, 0.2) is 0 Å². The zero-order valence-corrected chi connectivity index (χ0v) is 13.7. The van der Waals surface area contributed by atoms with Crippen LogP contribution in [0.3, 0.4) is 0 Å². The van der Waals surface area contributed by atoms with Crippen molar-refractivity contribution in [1.29, 1.82) is 0 Å². The van der Waals surface area contributed by atoms with Gasteiger partial charge in [-0.15, -0.1) is 0 Å². The van der Waals surface area contributed by atoms with Crippen LogP contribution in [0.1, 0.15) is 31.7 Å².